The molecule has 0 aliphatic rings. The second-order valence-electron chi connectivity index (χ2n) is 4.79. The second-order valence-corrected chi connectivity index (χ2v) is 5.17. The highest BCUT2D eigenvalue weighted by atomic mass is 35.5. The van der Waals surface area contributed by atoms with Crippen LogP contribution in [0.5, 0.6) is 0 Å². The third-order valence-corrected chi connectivity index (χ3v) is 3.35. The number of nitrogens with zero attached hydrogens (tertiary/aromatic N) is 3. The molecule has 2 aromatic rings. The summed E-state index contributed by atoms with van der Waals surface area (Å²) in [5, 5.41) is 3.27. The number of carbonyl (C=O) groups excluding carboxylic acids is 1. The fourth-order valence-corrected chi connectivity index (χ4v) is 2.23. The zero-order valence-electron chi connectivity index (χ0n) is 12.1. The second kappa shape index (κ2) is 7.78. The smallest absolute Gasteiger partial charge is 0.251 e. The van der Waals surface area contributed by atoms with Crippen LogP contribution >= 0.6 is 11.6 Å². The van der Waals surface area contributed by atoms with Gasteiger partial charge in [0.2, 0.25) is 0 Å². The summed E-state index contributed by atoms with van der Waals surface area (Å²) < 4.78 is 2.03. The van der Waals surface area contributed by atoms with E-state index in [0.29, 0.717) is 17.3 Å². The standard InChI is InChI=1S/C15H19ClN4O/c1-2-13-9-12(10-14(16)19-13)15(21)18-5-3-4-7-20-8-6-17-11-20/h6,8-11H,2-5,7H2,1H3,(H,18,21). The zero-order valence-corrected chi connectivity index (χ0v) is 12.8. The number of nitrogens with one attached hydrogen (secondary N) is 1. The Morgan fingerprint density at radius 2 is 2.24 bits per heavy atom. The van der Waals surface area contributed by atoms with Crippen molar-refractivity contribution >= 4 is 17.5 Å². The van der Waals surface area contributed by atoms with Crippen molar-refractivity contribution in [3.05, 3.63) is 47.3 Å². The first kappa shape index (κ1) is 15.5. The highest BCUT2D eigenvalue weighted by molar-refractivity contribution is 6.29. The van der Waals surface area contributed by atoms with Gasteiger partial charge in [-0.1, -0.05) is 18.5 Å². The number of unbranched alkanes of at least 4 members (excludes halogenated alkanes) is 1. The molecule has 5 nitrogen and oxygen atoms in total. The van der Waals surface area contributed by atoms with Crippen LogP contribution in [0.3, 0.4) is 0 Å². The van der Waals surface area contributed by atoms with Gasteiger partial charge in [0.25, 0.3) is 5.91 Å². The van der Waals surface area contributed by atoms with Crippen LogP contribution in [-0.2, 0) is 13.0 Å². The Morgan fingerprint density at radius 3 is 2.95 bits per heavy atom. The number of carbonyl (C=O) groups is 1. The third-order valence-electron chi connectivity index (χ3n) is 3.16. The lowest BCUT2D eigenvalue weighted by Gasteiger charge is -2.07. The van der Waals surface area contributed by atoms with Crippen molar-refractivity contribution in [3.8, 4) is 0 Å². The molecule has 0 aliphatic heterocycles. The largest absolute Gasteiger partial charge is 0.352 e. The van der Waals surface area contributed by atoms with Crippen molar-refractivity contribution in [1.29, 1.82) is 0 Å². The van der Waals surface area contributed by atoms with Gasteiger partial charge in [0.15, 0.2) is 0 Å². The monoisotopic (exact) mass is 306 g/mol. The maximum atomic E-state index is 12.0. The van der Waals surface area contributed by atoms with E-state index in [2.05, 4.69) is 15.3 Å². The maximum absolute atomic E-state index is 12.0. The van der Waals surface area contributed by atoms with Gasteiger partial charge < -0.3 is 9.88 Å². The Labute approximate surface area is 129 Å². The van der Waals surface area contributed by atoms with Crippen LogP contribution in [-0.4, -0.2) is 27.0 Å². The van der Waals surface area contributed by atoms with Crippen LogP contribution in [0.2, 0.25) is 5.15 Å². The van der Waals surface area contributed by atoms with Gasteiger partial charge in [-0.05, 0) is 31.4 Å². The number of rotatable bonds is 7. The Morgan fingerprint density at radius 1 is 1.38 bits per heavy atom. The highest BCUT2D eigenvalue weighted by Gasteiger charge is 2.08. The normalized spacial score (nSPS) is 10.6. The molecular formula is C15H19ClN4O. The molecule has 112 valence electrons. The summed E-state index contributed by atoms with van der Waals surface area (Å²) in [4.78, 5) is 20.2. The van der Waals surface area contributed by atoms with Crippen LogP contribution < -0.4 is 5.32 Å². The first-order valence-electron chi connectivity index (χ1n) is 7.09. The summed E-state index contributed by atoms with van der Waals surface area (Å²) >= 11 is 5.91. The molecule has 21 heavy (non-hydrogen) atoms. The third kappa shape index (κ3) is 4.86. The summed E-state index contributed by atoms with van der Waals surface area (Å²) in [6, 6.07) is 3.38. The molecule has 6 heteroatoms. The first-order chi connectivity index (χ1) is 10.2. The molecule has 0 atom stereocenters. The number of halogens is 1. The molecule has 0 radical (unpaired) electrons. The number of hydrogen-bond acceptors (Lipinski definition) is 3. The molecule has 1 N–H and O–H groups in total. The minimum Gasteiger partial charge on any atom is -0.352 e. The fraction of sp³-hybridized carbons (Fsp3) is 0.400. The average molecular weight is 307 g/mol. The number of pyridine rings is 1. The SMILES string of the molecule is CCc1cc(C(=O)NCCCCn2ccnc2)cc(Cl)n1. The van der Waals surface area contributed by atoms with Gasteiger partial charge in [-0.2, -0.15) is 0 Å². The van der Waals surface area contributed by atoms with Crippen LogP contribution in [0.4, 0.5) is 0 Å². The molecule has 0 aromatic carbocycles. The van der Waals surface area contributed by atoms with Crippen LogP contribution in [0.25, 0.3) is 0 Å². The van der Waals surface area contributed by atoms with E-state index < -0.39 is 0 Å². The van der Waals surface area contributed by atoms with Crippen LogP contribution in [0.1, 0.15) is 35.8 Å². The van der Waals surface area contributed by atoms with Crippen molar-refractivity contribution in [2.45, 2.75) is 32.7 Å². The topological polar surface area (TPSA) is 59.8 Å². The van der Waals surface area contributed by atoms with E-state index in [-0.39, 0.29) is 5.91 Å². The van der Waals surface area contributed by atoms with Crippen molar-refractivity contribution in [2.24, 2.45) is 0 Å². The lowest BCUT2D eigenvalue weighted by Crippen LogP contribution is -2.24. The molecule has 0 aliphatic carbocycles. The van der Waals surface area contributed by atoms with Gasteiger partial charge in [-0.3, -0.25) is 4.79 Å². The average Bonchev–Trinajstić information content (AvgIpc) is 2.99. The first-order valence-corrected chi connectivity index (χ1v) is 7.47. The fourth-order valence-electron chi connectivity index (χ4n) is 2.01. The van der Waals surface area contributed by atoms with Gasteiger partial charge in [-0.15, -0.1) is 0 Å². The van der Waals surface area contributed by atoms with Crippen LogP contribution in [0.15, 0.2) is 30.9 Å². The van der Waals surface area contributed by atoms with E-state index >= 15 is 0 Å². The van der Waals surface area contributed by atoms with Gasteiger partial charge >= 0.3 is 0 Å². The molecule has 0 unspecified atom stereocenters. The Kier molecular flexibility index (Phi) is 5.75. The Hall–Kier alpha value is -1.88. The van der Waals surface area contributed by atoms with E-state index in [0.717, 1.165) is 31.5 Å². The molecule has 0 saturated heterocycles. The van der Waals surface area contributed by atoms with E-state index in [1.807, 2.05) is 17.7 Å². The molecule has 2 rings (SSSR count). The van der Waals surface area contributed by atoms with Gasteiger partial charge in [0, 0.05) is 36.7 Å². The number of aryl methyl sites for hydroxylation is 2. The number of amides is 1. The predicted molar refractivity (Wildman–Crippen MR) is 82.4 cm³/mol. The molecule has 0 spiro atoms. The number of aromatic nitrogens is 3. The van der Waals surface area contributed by atoms with Crippen molar-refractivity contribution in [2.75, 3.05) is 6.54 Å². The summed E-state index contributed by atoms with van der Waals surface area (Å²) in [7, 11) is 0. The quantitative estimate of drug-likeness (QED) is 0.632. The van der Waals surface area contributed by atoms with Gasteiger partial charge in [-0.25, -0.2) is 9.97 Å². The summed E-state index contributed by atoms with van der Waals surface area (Å²) in [5.74, 6) is -0.100. The minimum atomic E-state index is -0.100. The summed E-state index contributed by atoms with van der Waals surface area (Å²) in [6.45, 7) is 3.54. The molecule has 2 aromatic heterocycles. The zero-order chi connectivity index (χ0) is 15.1. The van der Waals surface area contributed by atoms with E-state index in [1.165, 1.54) is 0 Å². The lowest BCUT2D eigenvalue weighted by atomic mass is 10.2. The molecule has 0 fully saturated rings. The Bertz CT molecular complexity index is 583. The molecular weight excluding hydrogens is 288 g/mol. The predicted octanol–water partition coefficient (Wildman–Crippen LogP) is 2.70. The van der Waals surface area contributed by atoms with E-state index in [9.17, 15) is 4.79 Å². The number of hydrogen-bond donors (Lipinski definition) is 1. The van der Waals surface area contributed by atoms with Crippen molar-refractivity contribution in [3.63, 3.8) is 0 Å². The molecule has 0 saturated carbocycles. The number of imidazole rings is 1. The van der Waals surface area contributed by atoms with E-state index in [1.54, 1.807) is 24.7 Å². The minimum absolute atomic E-state index is 0.100. The van der Waals surface area contributed by atoms with Gasteiger partial charge in [0.1, 0.15) is 5.15 Å². The van der Waals surface area contributed by atoms with Crippen molar-refractivity contribution in [1.82, 2.24) is 19.9 Å². The molecule has 1 amide bonds. The maximum Gasteiger partial charge on any atom is 0.251 e. The van der Waals surface area contributed by atoms with Crippen molar-refractivity contribution < 1.29 is 4.79 Å². The van der Waals surface area contributed by atoms with Gasteiger partial charge in [0.05, 0.1) is 6.33 Å². The highest BCUT2D eigenvalue weighted by Crippen LogP contribution is 2.11. The van der Waals surface area contributed by atoms with Crippen LogP contribution in [0, 0.1) is 0 Å². The molecule has 0 bridgehead atoms. The molecule has 2 heterocycles. The summed E-state index contributed by atoms with van der Waals surface area (Å²) in [5.41, 5.74) is 1.40. The summed E-state index contributed by atoms with van der Waals surface area (Å²) in [6.07, 6.45) is 8.16. The lowest BCUT2D eigenvalue weighted by molar-refractivity contribution is 0.0952. The van der Waals surface area contributed by atoms with E-state index in [4.69, 9.17) is 11.6 Å². The Balaban J connectivity index is 1.75.